The topological polar surface area (TPSA) is 114 Å². The van der Waals surface area contributed by atoms with Crippen LogP contribution in [-0.4, -0.2) is 47.7 Å². The Labute approximate surface area is 196 Å². The molecule has 34 heavy (non-hydrogen) atoms. The van der Waals surface area contributed by atoms with Crippen LogP contribution in [0.15, 0.2) is 64.2 Å². The van der Waals surface area contributed by atoms with E-state index in [1.807, 2.05) is 30.3 Å². The minimum atomic E-state index is -0.698. The van der Waals surface area contributed by atoms with Crippen molar-refractivity contribution < 1.29 is 13.9 Å². The smallest absolute Gasteiger partial charge is 0.330 e. The van der Waals surface area contributed by atoms with Crippen molar-refractivity contribution in [2.75, 3.05) is 37.9 Å². The summed E-state index contributed by atoms with van der Waals surface area (Å²) in [7, 11) is 3.04. The largest absolute Gasteiger partial charge is 0.383 e. The van der Waals surface area contributed by atoms with E-state index in [4.69, 9.17) is 10.5 Å². The van der Waals surface area contributed by atoms with Gasteiger partial charge in [0.15, 0.2) is 0 Å². The number of likely N-dealkylation sites (N-methyl/N-ethyl adjacent to an activating group) is 1. The van der Waals surface area contributed by atoms with Crippen LogP contribution < -0.4 is 21.9 Å². The van der Waals surface area contributed by atoms with Gasteiger partial charge in [-0.25, -0.2) is 9.18 Å². The minimum absolute atomic E-state index is 0.00666. The molecule has 9 nitrogen and oxygen atoms in total. The van der Waals surface area contributed by atoms with Crippen LogP contribution in [0.5, 0.6) is 0 Å². The predicted molar refractivity (Wildman–Crippen MR) is 128 cm³/mol. The molecule has 3 aromatic rings. The Hall–Kier alpha value is -3.92. The maximum absolute atomic E-state index is 14.1. The Bertz CT molecular complexity index is 1240. The van der Waals surface area contributed by atoms with Gasteiger partial charge in [-0.15, -0.1) is 0 Å². The highest BCUT2D eigenvalue weighted by atomic mass is 19.1. The predicted octanol–water partition coefficient (Wildman–Crippen LogP) is 1.57. The maximum Gasteiger partial charge on any atom is 0.330 e. The number of hydrogen-bond acceptors (Lipinski definition) is 6. The molecule has 0 aliphatic rings. The molecule has 2 aromatic carbocycles. The quantitative estimate of drug-likeness (QED) is 0.466. The highest BCUT2D eigenvalue weighted by Crippen LogP contribution is 2.20. The summed E-state index contributed by atoms with van der Waals surface area (Å²) < 4.78 is 20.3. The van der Waals surface area contributed by atoms with E-state index >= 15 is 0 Å². The fraction of sp³-hybridized carbons (Fsp3) is 0.292. The lowest BCUT2D eigenvalue weighted by Gasteiger charge is -2.28. The Morgan fingerprint density at radius 1 is 1.09 bits per heavy atom. The van der Waals surface area contributed by atoms with Crippen molar-refractivity contribution in [1.82, 2.24) is 14.5 Å². The first-order chi connectivity index (χ1) is 16.3. The number of ether oxygens (including phenoxy) is 1. The fourth-order valence-corrected chi connectivity index (χ4v) is 3.56. The summed E-state index contributed by atoms with van der Waals surface area (Å²) in [5.41, 5.74) is 6.10. The zero-order chi connectivity index (χ0) is 24.7. The Morgan fingerprint density at radius 3 is 2.44 bits per heavy atom. The van der Waals surface area contributed by atoms with Crippen LogP contribution in [0, 0.1) is 5.82 Å². The highest BCUT2D eigenvalue weighted by Gasteiger charge is 2.23. The third kappa shape index (κ3) is 5.90. The summed E-state index contributed by atoms with van der Waals surface area (Å²) in [5.74, 6) is -0.826. The number of nitrogen functional groups attached to an aromatic ring is 1. The molecule has 1 aromatic heterocycles. The van der Waals surface area contributed by atoms with Crippen LogP contribution in [0.1, 0.15) is 11.1 Å². The van der Waals surface area contributed by atoms with Gasteiger partial charge in [-0.05, 0) is 11.6 Å². The second-order valence-corrected chi connectivity index (χ2v) is 7.82. The number of benzene rings is 2. The number of nitrogens with two attached hydrogens (primary N) is 1. The first-order valence-electron chi connectivity index (χ1n) is 10.7. The summed E-state index contributed by atoms with van der Waals surface area (Å²) in [4.78, 5) is 43.4. The molecule has 0 unspecified atom stereocenters. The van der Waals surface area contributed by atoms with E-state index < -0.39 is 17.1 Å². The lowest BCUT2D eigenvalue weighted by atomic mass is 10.2. The molecule has 0 atom stereocenters. The van der Waals surface area contributed by atoms with Gasteiger partial charge in [-0.1, -0.05) is 48.5 Å². The van der Waals surface area contributed by atoms with Gasteiger partial charge >= 0.3 is 5.69 Å². The Kier molecular flexibility index (Phi) is 8.20. The summed E-state index contributed by atoms with van der Waals surface area (Å²) >= 11 is 0. The molecule has 0 aliphatic heterocycles. The average Bonchev–Trinajstić information content (AvgIpc) is 2.80. The number of carbonyl (C=O) groups excluding carboxylic acids is 1. The van der Waals surface area contributed by atoms with Gasteiger partial charge in [0.25, 0.3) is 5.56 Å². The summed E-state index contributed by atoms with van der Waals surface area (Å²) in [5, 5.41) is 0. The van der Waals surface area contributed by atoms with Gasteiger partial charge in [0.1, 0.15) is 17.3 Å². The van der Waals surface area contributed by atoms with Crippen LogP contribution in [0.2, 0.25) is 0 Å². The number of aromatic nitrogens is 2. The van der Waals surface area contributed by atoms with Crippen LogP contribution in [0.4, 0.5) is 15.9 Å². The van der Waals surface area contributed by atoms with Crippen molar-refractivity contribution in [3.05, 3.63) is 92.4 Å². The number of nitrogens with one attached hydrogen (secondary N) is 1. The number of carbonyl (C=O) groups is 1. The monoisotopic (exact) mass is 469 g/mol. The Balaban J connectivity index is 1.95. The number of nitrogens with zero attached hydrogens (tertiary/aromatic N) is 3. The number of anilines is 2. The second kappa shape index (κ2) is 11.3. The van der Waals surface area contributed by atoms with E-state index in [9.17, 15) is 18.8 Å². The summed E-state index contributed by atoms with van der Waals surface area (Å²) in [6.45, 7) is 0.374. The average molecular weight is 470 g/mol. The van der Waals surface area contributed by atoms with Crippen molar-refractivity contribution in [2.45, 2.75) is 19.6 Å². The standard InChI is InChI=1S/C24H28FN5O4/c1-28(15-18-10-6-7-11-19(18)25)20(31)16-29(14-17-8-4-3-5-9-17)21-22(26)30(12-13-34-2)24(33)27-23(21)32/h3-11H,12-16,26H2,1-2H3,(H,27,32,33). The van der Waals surface area contributed by atoms with E-state index in [2.05, 4.69) is 4.98 Å². The molecule has 0 saturated heterocycles. The van der Waals surface area contributed by atoms with Gasteiger partial charge in [0, 0.05) is 32.8 Å². The van der Waals surface area contributed by atoms with Crippen molar-refractivity contribution >= 4 is 17.4 Å². The highest BCUT2D eigenvalue weighted by molar-refractivity contribution is 5.82. The third-order valence-electron chi connectivity index (χ3n) is 5.38. The van der Waals surface area contributed by atoms with Crippen molar-refractivity contribution in [2.24, 2.45) is 0 Å². The molecule has 0 fully saturated rings. The maximum atomic E-state index is 14.1. The molecule has 1 heterocycles. The molecule has 1 amide bonds. The molecule has 0 spiro atoms. The molecular formula is C24H28FN5O4. The zero-order valence-electron chi connectivity index (χ0n) is 19.2. The molecule has 0 bridgehead atoms. The van der Waals surface area contributed by atoms with Gasteiger partial charge in [0.2, 0.25) is 5.91 Å². The lowest BCUT2D eigenvalue weighted by Crippen LogP contribution is -2.43. The van der Waals surface area contributed by atoms with Crippen molar-refractivity contribution in [1.29, 1.82) is 0 Å². The van der Waals surface area contributed by atoms with Gasteiger partial charge in [-0.2, -0.15) is 0 Å². The van der Waals surface area contributed by atoms with E-state index in [1.54, 1.807) is 25.2 Å². The number of methoxy groups -OCH3 is 1. The number of hydrogen-bond donors (Lipinski definition) is 2. The van der Waals surface area contributed by atoms with E-state index in [0.29, 0.717) is 5.56 Å². The first-order valence-corrected chi connectivity index (χ1v) is 10.7. The third-order valence-corrected chi connectivity index (χ3v) is 5.38. The molecule has 3 rings (SSSR count). The van der Waals surface area contributed by atoms with Crippen LogP contribution >= 0.6 is 0 Å². The van der Waals surface area contributed by atoms with Crippen LogP contribution in [0.3, 0.4) is 0 Å². The van der Waals surface area contributed by atoms with Gasteiger partial charge in [-0.3, -0.25) is 19.1 Å². The zero-order valence-corrected chi connectivity index (χ0v) is 19.2. The molecule has 10 heteroatoms. The van der Waals surface area contributed by atoms with E-state index in [0.717, 1.165) is 5.56 Å². The molecule has 0 aliphatic carbocycles. The Morgan fingerprint density at radius 2 is 1.76 bits per heavy atom. The number of amides is 1. The molecule has 180 valence electrons. The number of H-pyrrole nitrogens is 1. The van der Waals surface area contributed by atoms with Crippen molar-refractivity contribution in [3.8, 4) is 0 Å². The lowest BCUT2D eigenvalue weighted by molar-refractivity contribution is -0.129. The molecule has 0 radical (unpaired) electrons. The fourth-order valence-electron chi connectivity index (χ4n) is 3.56. The minimum Gasteiger partial charge on any atom is -0.383 e. The first kappa shape index (κ1) is 24.7. The second-order valence-electron chi connectivity index (χ2n) is 7.82. The van der Waals surface area contributed by atoms with Gasteiger partial charge < -0.3 is 20.3 Å². The van der Waals surface area contributed by atoms with Crippen molar-refractivity contribution in [3.63, 3.8) is 0 Å². The normalized spacial score (nSPS) is 10.8. The number of halogens is 1. The van der Waals surface area contributed by atoms with E-state index in [-0.39, 0.29) is 50.2 Å². The van der Waals surface area contributed by atoms with E-state index in [1.165, 1.54) is 27.5 Å². The molecule has 0 saturated carbocycles. The molecular weight excluding hydrogens is 441 g/mol. The van der Waals surface area contributed by atoms with Crippen LogP contribution in [-0.2, 0) is 29.2 Å². The summed E-state index contributed by atoms with van der Waals surface area (Å²) in [6, 6.07) is 15.5. The molecule has 3 N–H and O–H groups in total. The van der Waals surface area contributed by atoms with Crippen LogP contribution in [0.25, 0.3) is 0 Å². The SMILES string of the molecule is COCCn1c(N)c(N(CC(=O)N(C)Cc2ccccc2F)Cc2ccccc2)c(=O)[nH]c1=O. The van der Waals surface area contributed by atoms with Gasteiger partial charge in [0.05, 0.1) is 19.7 Å². The summed E-state index contributed by atoms with van der Waals surface area (Å²) in [6.07, 6.45) is 0. The number of rotatable bonds is 10. The number of aromatic amines is 1.